The van der Waals surface area contributed by atoms with E-state index in [9.17, 15) is 14.7 Å². The van der Waals surface area contributed by atoms with Gasteiger partial charge in [0.25, 0.3) is 0 Å². The van der Waals surface area contributed by atoms with E-state index in [4.69, 9.17) is 20.0 Å². The van der Waals surface area contributed by atoms with Gasteiger partial charge in [-0.15, -0.1) is 0 Å². The van der Waals surface area contributed by atoms with Crippen LogP contribution in [0.2, 0.25) is 0 Å². The maximum absolute atomic E-state index is 11.6. The highest BCUT2D eigenvalue weighted by Crippen LogP contribution is 2.19. The van der Waals surface area contributed by atoms with Gasteiger partial charge < -0.3 is 25.1 Å². The Bertz CT molecular complexity index is 778. The standard InChI is InChI=1S/C15H13NO6/c16-12-5-10(18)3-1-9(12)2-4-15(20)22-14-8-21-11(7-17)6-13(14)19/h1-6,8,17-18H,7,16H2/b4-2+. The largest absolute Gasteiger partial charge is 0.508 e. The van der Waals surface area contributed by atoms with Crippen LogP contribution < -0.4 is 15.9 Å². The summed E-state index contributed by atoms with van der Waals surface area (Å²) in [5.74, 6) is -1.00. The molecule has 0 atom stereocenters. The summed E-state index contributed by atoms with van der Waals surface area (Å²) < 4.78 is 9.71. The number of nitrogen functional groups attached to an aromatic ring is 1. The number of phenolic OH excluding ortho intramolecular Hbond substituents is 1. The molecule has 4 N–H and O–H groups in total. The summed E-state index contributed by atoms with van der Waals surface area (Å²) >= 11 is 0. The molecular formula is C15H13NO6. The Morgan fingerprint density at radius 1 is 1.36 bits per heavy atom. The molecule has 0 aliphatic heterocycles. The number of rotatable bonds is 4. The third-order valence-corrected chi connectivity index (χ3v) is 2.69. The summed E-state index contributed by atoms with van der Waals surface area (Å²) in [7, 11) is 0. The number of esters is 1. The zero-order valence-corrected chi connectivity index (χ0v) is 11.4. The topological polar surface area (TPSA) is 123 Å². The molecule has 0 radical (unpaired) electrons. The number of hydrogen-bond donors (Lipinski definition) is 3. The van der Waals surface area contributed by atoms with E-state index in [-0.39, 0.29) is 22.9 Å². The fraction of sp³-hybridized carbons (Fsp3) is 0.0667. The number of nitrogens with two attached hydrogens (primary N) is 1. The van der Waals surface area contributed by atoms with E-state index in [1.54, 1.807) is 0 Å². The van der Waals surface area contributed by atoms with Crippen LogP contribution in [-0.2, 0) is 11.4 Å². The molecule has 7 heteroatoms. The Balaban J connectivity index is 2.10. The molecule has 1 aromatic heterocycles. The first-order valence-electron chi connectivity index (χ1n) is 6.20. The van der Waals surface area contributed by atoms with Gasteiger partial charge in [-0.2, -0.15) is 0 Å². The predicted molar refractivity (Wildman–Crippen MR) is 78.1 cm³/mol. The molecule has 0 aliphatic rings. The smallest absolute Gasteiger partial charge is 0.336 e. The fourth-order valence-electron chi connectivity index (χ4n) is 1.61. The number of hydrogen-bond acceptors (Lipinski definition) is 7. The highest BCUT2D eigenvalue weighted by Gasteiger charge is 2.08. The molecule has 0 fully saturated rings. The van der Waals surface area contributed by atoms with Crippen molar-refractivity contribution >= 4 is 17.7 Å². The van der Waals surface area contributed by atoms with Crippen molar-refractivity contribution in [3.63, 3.8) is 0 Å². The zero-order chi connectivity index (χ0) is 16.1. The molecular weight excluding hydrogens is 290 g/mol. The maximum atomic E-state index is 11.6. The summed E-state index contributed by atoms with van der Waals surface area (Å²) in [4.78, 5) is 23.2. The van der Waals surface area contributed by atoms with Crippen molar-refractivity contribution in [2.45, 2.75) is 6.61 Å². The molecule has 22 heavy (non-hydrogen) atoms. The molecule has 7 nitrogen and oxygen atoms in total. The van der Waals surface area contributed by atoms with Crippen LogP contribution in [0.4, 0.5) is 5.69 Å². The lowest BCUT2D eigenvalue weighted by atomic mass is 10.1. The van der Waals surface area contributed by atoms with Crippen LogP contribution in [0.3, 0.4) is 0 Å². The van der Waals surface area contributed by atoms with Crippen molar-refractivity contribution in [1.29, 1.82) is 0 Å². The summed E-state index contributed by atoms with van der Waals surface area (Å²) in [6.45, 7) is -0.427. The molecule has 0 unspecified atom stereocenters. The Hall–Kier alpha value is -3.06. The zero-order valence-electron chi connectivity index (χ0n) is 11.4. The Morgan fingerprint density at radius 2 is 2.14 bits per heavy atom. The first kappa shape index (κ1) is 15.3. The van der Waals surface area contributed by atoms with Crippen molar-refractivity contribution < 1.29 is 24.2 Å². The van der Waals surface area contributed by atoms with Gasteiger partial charge in [-0.25, -0.2) is 4.79 Å². The molecule has 0 aliphatic carbocycles. The number of aromatic hydroxyl groups is 1. The molecule has 0 spiro atoms. The molecule has 0 saturated carbocycles. The van der Waals surface area contributed by atoms with E-state index >= 15 is 0 Å². The number of phenols is 1. The lowest BCUT2D eigenvalue weighted by Crippen LogP contribution is -2.12. The van der Waals surface area contributed by atoms with Gasteiger partial charge in [0.2, 0.25) is 11.2 Å². The minimum atomic E-state index is -0.795. The van der Waals surface area contributed by atoms with Crippen LogP contribution in [0.15, 0.2) is 45.8 Å². The van der Waals surface area contributed by atoms with E-state index in [1.165, 1.54) is 24.3 Å². The van der Waals surface area contributed by atoms with Crippen LogP contribution >= 0.6 is 0 Å². The van der Waals surface area contributed by atoms with Gasteiger partial charge >= 0.3 is 5.97 Å². The fourth-order valence-corrected chi connectivity index (χ4v) is 1.61. The Labute approximate surface area is 124 Å². The normalized spacial score (nSPS) is 10.8. The van der Waals surface area contributed by atoms with Crippen LogP contribution in [-0.4, -0.2) is 16.2 Å². The van der Waals surface area contributed by atoms with Crippen LogP contribution in [0.1, 0.15) is 11.3 Å². The third-order valence-electron chi connectivity index (χ3n) is 2.69. The molecule has 0 bridgehead atoms. The number of carbonyl (C=O) groups excluding carboxylic acids is 1. The molecule has 2 aromatic rings. The van der Waals surface area contributed by atoms with E-state index in [2.05, 4.69) is 0 Å². The molecule has 0 amide bonds. The minimum Gasteiger partial charge on any atom is -0.508 e. The highest BCUT2D eigenvalue weighted by molar-refractivity contribution is 5.89. The second-order valence-electron chi connectivity index (χ2n) is 4.30. The maximum Gasteiger partial charge on any atom is 0.336 e. The van der Waals surface area contributed by atoms with Gasteiger partial charge in [-0.3, -0.25) is 4.79 Å². The minimum absolute atomic E-state index is 0.0128. The first-order valence-corrected chi connectivity index (χ1v) is 6.20. The van der Waals surface area contributed by atoms with Gasteiger partial charge in [0, 0.05) is 23.9 Å². The molecule has 2 rings (SSSR count). The van der Waals surface area contributed by atoms with Crippen molar-refractivity contribution in [2.75, 3.05) is 5.73 Å². The van der Waals surface area contributed by atoms with Crippen LogP contribution in [0, 0.1) is 0 Å². The lowest BCUT2D eigenvalue weighted by Gasteiger charge is -2.02. The van der Waals surface area contributed by atoms with E-state index in [0.717, 1.165) is 18.4 Å². The third kappa shape index (κ3) is 3.74. The van der Waals surface area contributed by atoms with E-state index < -0.39 is 18.0 Å². The first-order chi connectivity index (χ1) is 10.5. The molecule has 114 valence electrons. The van der Waals surface area contributed by atoms with Gasteiger partial charge in [0.05, 0.1) is 0 Å². The number of aliphatic hydroxyl groups is 1. The lowest BCUT2D eigenvalue weighted by molar-refractivity contribution is -0.129. The van der Waals surface area contributed by atoms with Crippen LogP contribution in [0.5, 0.6) is 11.5 Å². The SMILES string of the molecule is Nc1cc(O)ccc1/C=C/C(=O)Oc1coc(CO)cc1=O. The van der Waals surface area contributed by atoms with Crippen molar-refractivity contribution in [1.82, 2.24) is 0 Å². The molecule has 0 saturated heterocycles. The van der Waals surface area contributed by atoms with Gasteiger partial charge in [0.1, 0.15) is 24.4 Å². The second kappa shape index (κ2) is 6.59. The quantitative estimate of drug-likeness (QED) is 0.438. The average molecular weight is 303 g/mol. The Morgan fingerprint density at radius 3 is 2.77 bits per heavy atom. The Kier molecular flexibility index (Phi) is 4.60. The molecule has 1 aromatic carbocycles. The van der Waals surface area contributed by atoms with Crippen molar-refractivity contribution in [3.05, 3.63) is 58.2 Å². The second-order valence-corrected chi connectivity index (χ2v) is 4.30. The predicted octanol–water partition coefficient (Wildman–Crippen LogP) is 1.04. The van der Waals surface area contributed by atoms with Crippen LogP contribution in [0.25, 0.3) is 6.08 Å². The van der Waals surface area contributed by atoms with E-state index in [0.29, 0.717) is 5.56 Å². The highest BCUT2D eigenvalue weighted by atomic mass is 16.5. The average Bonchev–Trinajstić information content (AvgIpc) is 2.48. The number of carbonyl (C=O) groups is 1. The van der Waals surface area contributed by atoms with E-state index in [1.807, 2.05) is 0 Å². The van der Waals surface area contributed by atoms with Crippen molar-refractivity contribution in [2.24, 2.45) is 0 Å². The van der Waals surface area contributed by atoms with Gasteiger partial charge in [-0.1, -0.05) is 0 Å². The van der Waals surface area contributed by atoms with Gasteiger partial charge in [0.15, 0.2) is 0 Å². The summed E-state index contributed by atoms with van der Waals surface area (Å²) in [6, 6.07) is 5.32. The number of anilines is 1. The summed E-state index contributed by atoms with van der Waals surface area (Å²) in [6.07, 6.45) is 3.43. The number of benzene rings is 1. The van der Waals surface area contributed by atoms with Crippen molar-refractivity contribution in [3.8, 4) is 11.5 Å². The number of aliphatic hydroxyl groups excluding tert-OH is 1. The number of ether oxygens (including phenoxy) is 1. The summed E-state index contributed by atoms with van der Waals surface area (Å²) in [5.41, 5.74) is 5.88. The monoisotopic (exact) mass is 303 g/mol. The van der Waals surface area contributed by atoms with Gasteiger partial charge in [-0.05, 0) is 23.8 Å². The molecule has 1 heterocycles. The summed E-state index contributed by atoms with van der Waals surface area (Å²) in [5, 5.41) is 18.0.